The normalized spacial score (nSPS) is 13.6. The van der Waals surface area contributed by atoms with Gasteiger partial charge in [-0.05, 0) is 30.9 Å². The molecule has 110 valence electrons. The van der Waals surface area contributed by atoms with Crippen LogP contribution in [0, 0.1) is 6.92 Å². The number of aryl methyl sites for hydroxylation is 1. The Balaban J connectivity index is 2.68. The summed E-state index contributed by atoms with van der Waals surface area (Å²) < 4.78 is 0. The third-order valence-corrected chi connectivity index (χ3v) is 3.59. The lowest BCUT2D eigenvalue weighted by Gasteiger charge is -2.17. The fraction of sp³-hybridized carbons (Fsp3) is 0.429. The number of carboxylic acid groups (broad SMARTS) is 1. The van der Waals surface area contributed by atoms with Crippen LogP contribution in [0.15, 0.2) is 24.3 Å². The summed E-state index contributed by atoms with van der Waals surface area (Å²) in [7, 11) is 0. The highest BCUT2D eigenvalue weighted by Gasteiger charge is 2.23. The van der Waals surface area contributed by atoms with Crippen molar-refractivity contribution in [3.63, 3.8) is 0 Å². The molecule has 5 nitrogen and oxygen atoms in total. The first-order valence-corrected chi connectivity index (χ1v) is 7.69. The minimum absolute atomic E-state index is 0.378. The molecular formula is C14H20N2O3S. The number of carbonyl (C=O) groups is 2. The van der Waals surface area contributed by atoms with Crippen molar-refractivity contribution in [3.05, 3.63) is 35.4 Å². The second-order valence-corrected chi connectivity index (χ2v) is 5.55. The first-order chi connectivity index (χ1) is 9.45. The maximum Gasteiger partial charge on any atom is 0.326 e. The number of carbonyl (C=O) groups excluding carboxylic acids is 1. The molecule has 0 aliphatic rings. The first-order valence-electron chi connectivity index (χ1n) is 6.30. The van der Waals surface area contributed by atoms with Gasteiger partial charge in [0.1, 0.15) is 12.1 Å². The average molecular weight is 296 g/mol. The van der Waals surface area contributed by atoms with E-state index in [1.807, 2.05) is 25.3 Å². The molecule has 0 bridgehead atoms. The number of rotatable bonds is 7. The number of benzene rings is 1. The zero-order chi connectivity index (χ0) is 15.1. The highest BCUT2D eigenvalue weighted by molar-refractivity contribution is 7.98. The Morgan fingerprint density at radius 3 is 2.45 bits per heavy atom. The minimum Gasteiger partial charge on any atom is -0.480 e. The van der Waals surface area contributed by atoms with E-state index in [9.17, 15) is 9.59 Å². The molecule has 20 heavy (non-hydrogen) atoms. The standard InChI is InChI=1S/C14H20N2O3S/c1-9-3-5-10(6-4-9)12(15)13(17)16-11(14(18)19)7-8-20-2/h3-6,11-12H,7-8,15H2,1-2H3,(H,16,17)(H,18,19)/t11-,12?/m1/s1. The average Bonchev–Trinajstić information content (AvgIpc) is 2.42. The van der Waals surface area contributed by atoms with Gasteiger partial charge in [0, 0.05) is 0 Å². The quantitative estimate of drug-likeness (QED) is 0.705. The molecule has 1 unspecified atom stereocenters. The van der Waals surface area contributed by atoms with Crippen molar-refractivity contribution in [1.29, 1.82) is 0 Å². The minimum atomic E-state index is -1.04. The van der Waals surface area contributed by atoms with Crippen LogP contribution in [-0.2, 0) is 9.59 Å². The Kier molecular flexibility index (Phi) is 6.54. The van der Waals surface area contributed by atoms with E-state index in [-0.39, 0.29) is 0 Å². The summed E-state index contributed by atoms with van der Waals surface area (Å²) in [6.07, 6.45) is 2.27. The van der Waals surface area contributed by atoms with E-state index in [4.69, 9.17) is 10.8 Å². The van der Waals surface area contributed by atoms with E-state index in [1.165, 1.54) is 11.8 Å². The van der Waals surface area contributed by atoms with Crippen LogP contribution in [0.3, 0.4) is 0 Å². The second-order valence-electron chi connectivity index (χ2n) is 4.57. The molecule has 1 aromatic rings. The highest BCUT2D eigenvalue weighted by Crippen LogP contribution is 2.12. The first kappa shape index (κ1) is 16.5. The maximum absolute atomic E-state index is 12.0. The number of nitrogens with one attached hydrogen (secondary N) is 1. The van der Waals surface area contributed by atoms with E-state index in [2.05, 4.69) is 5.32 Å². The molecule has 0 radical (unpaired) electrons. The molecule has 4 N–H and O–H groups in total. The molecule has 0 aliphatic heterocycles. The Morgan fingerprint density at radius 2 is 1.95 bits per heavy atom. The summed E-state index contributed by atoms with van der Waals surface area (Å²) in [5.74, 6) is -0.845. The Labute approximate surface area is 122 Å². The molecule has 0 heterocycles. The predicted molar refractivity (Wildman–Crippen MR) is 80.7 cm³/mol. The third-order valence-electron chi connectivity index (χ3n) is 2.94. The summed E-state index contributed by atoms with van der Waals surface area (Å²) in [6, 6.07) is 5.53. The topological polar surface area (TPSA) is 92.4 Å². The van der Waals surface area contributed by atoms with Gasteiger partial charge in [0.2, 0.25) is 5.91 Å². The molecule has 0 aromatic heterocycles. The van der Waals surface area contributed by atoms with Gasteiger partial charge in [-0.2, -0.15) is 11.8 Å². The fourth-order valence-corrected chi connectivity index (χ4v) is 2.15. The van der Waals surface area contributed by atoms with Crippen LogP contribution in [0.5, 0.6) is 0 Å². The van der Waals surface area contributed by atoms with Crippen LogP contribution in [-0.4, -0.2) is 35.0 Å². The smallest absolute Gasteiger partial charge is 0.326 e. The number of aliphatic carboxylic acids is 1. The van der Waals surface area contributed by atoms with Crippen molar-refractivity contribution in [2.75, 3.05) is 12.0 Å². The molecule has 0 saturated carbocycles. The third kappa shape index (κ3) is 4.86. The number of hydrogen-bond donors (Lipinski definition) is 3. The lowest BCUT2D eigenvalue weighted by molar-refractivity contribution is -0.142. The van der Waals surface area contributed by atoms with E-state index in [1.54, 1.807) is 12.1 Å². The second kappa shape index (κ2) is 7.91. The predicted octanol–water partition coefficient (Wildman–Crippen LogP) is 1.32. The molecule has 1 amide bonds. The van der Waals surface area contributed by atoms with E-state index < -0.39 is 24.0 Å². The van der Waals surface area contributed by atoms with Crippen LogP contribution in [0.25, 0.3) is 0 Å². The zero-order valence-corrected chi connectivity index (χ0v) is 12.4. The van der Waals surface area contributed by atoms with Gasteiger partial charge in [0.25, 0.3) is 0 Å². The zero-order valence-electron chi connectivity index (χ0n) is 11.6. The van der Waals surface area contributed by atoms with Gasteiger partial charge in [-0.1, -0.05) is 29.8 Å². The van der Waals surface area contributed by atoms with E-state index >= 15 is 0 Å². The molecule has 0 spiro atoms. The molecular weight excluding hydrogens is 276 g/mol. The number of hydrogen-bond acceptors (Lipinski definition) is 4. The van der Waals surface area contributed by atoms with Gasteiger partial charge >= 0.3 is 5.97 Å². The summed E-state index contributed by atoms with van der Waals surface area (Å²) in [6.45, 7) is 1.94. The van der Waals surface area contributed by atoms with Crippen LogP contribution in [0.2, 0.25) is 0 Å². The summed E-state index contributed by atoms with van der Waals surface area (Å²) in [5.41, 5.74) is 7.60. The molecule has 1 aromatic carbocycles. The Morgan fingerprint density at radius 1 is 1.35 bits per heavy atom. The lowest BCUT2D eigenvalue weighted by Crippen LogP contribution is -2.45. The van der Waals surface area contributed by atoms with Crippen molar-refractivity contribution < 1.29 is 14.7 Å². The van der Waals surface area contributed by atoms with Gasteiger partial charge in [0.05, 0.1) is 0 Å². The molecule has 1 rings (SSSR count). The molecule has 6 heteroatoms. The summed E-state index contributed by atoms with van der Waals surface area (Å²) in [4.78, 5) is 23.1. The Hall–Kier alpha value is -1.53. The van der Waals surface area contributed by atoms with Gasteiger partial charge in [-0.3, -0.25) is 4.79 Å². The van der Waals surface area contributed by atoms with E-state index in [0.29, 0.717) is 17.7 Å². The monoisotopic (exact) mass is 296 g/mol. The van der Waals surface area contributed by atoms with Crippen molar-refractivity contribution in [3.8, 4) is 0 Å². The fourth-order valence-electron chi connectivity index (χ4n) is 1.68. The van der Waals surface area contributed by atoms with Crippen LogP contribution >= 0.6 is 11.8 Å². The van der Waals surface area contributed by atoms with Crippen molar-refractivity contribution >= 4 is 23.6 Å². The Bertz CT molecular complexity index is 462. The van der Waals surface area contributed by atoms with Gasteiger partial charge < -0.3 is 16.2 Å². The molecule has 0 aliphatic carbocycles. The number of thioether (sulfide) groups is 1. The van der Waals surface area contributed by atoms with Gasteiger partial charge in [-0.25, -0.2) is 4.79 Å². The van der Waals surface area contributed by atoms with Crippen molar-refractivity contribution in [2.45, 2.75) is 25.4 Å². The number of carboxylic acids is 1. The van der Waals surface area contributed by atoms with Gasteiger partial charge in [0.15, 0.2) is 0 Å². The number of nitrogens with two attached hydrogens (primary N) is 1. The molecule has 0 saturated heterocycles. The summed E-state index contributed by atoms with van der Waals surface area (Å²) >= 11 is 1.53. The SMILES string of the molecule is CSCC[C@@H](NC(=O)C(N)c1ccc(C)cc1)C(=O)O. The van der Waals surface area contributed by atoms with Crippen molar-refractivity contribution in [2.24, 2.45) is 5.73 Å². The largest absolute Gasteiger partial charge is 0.480 e. The number of amides is 1. The van der Waals surface area contributed by atoms with Crippen LogP contribution < -0.4 is 11.1 Å². The van der Waals surface area contributed by atoms with Gasteiger partial charge in [-0.15, -0.1) is 0 Å². The summed E-state index contributed by atoms with van der Waals surface area (Å²) in [5, 5.41) is 11.6. The molecule has 0 fully saturated rings. The van der Waals surface area contributed by atoms with Crippen LogP contribution in [0.4, 0.5) is 0 Å². The lowest BCUT2D eigenvalue weighted by atomic mass is 10.0. The van der Waals surface area contributed by atoms with Crippen molar-refractivity contribution in [1.82, 2.24) is 5.32 Å². The van der Waals surface area contributed by atoms with E-state index in [0.717, 1.165) is 5.56 Å². The maximum atomic E-state index is 12.0. The van der Waals surface area contributed by atoms with Crippen LogP contribution in [0.1, 0.15) is 23.6 Å². The molecule has 2 atom stereocenters. The highest BCUT2D eigenvalue weighted by atomic mass is 32.2.